The number of anilines is 1. The third-order valence-electron chi connectivity index (χ3n) is 4.54. The Balaban J connectivity index is 1.50. The van der Waals surface area contributed by atoms with Crippen molar-refractivity contribution in [3.8, 4) is 10.4 Å². The molecule has 0 saturated heterocycles. The molecule has 1 aliphatic heterocycles. The molecule has 7 nitrogen and oxygen atoms in total. The Labute approximate surface area is 158 Å². The van der Waals surface area contributed by atoms with Crippen molar-refractivity contribution in [1.29, 1.82) is 0 Å². The summed E-state index contributed by atoms with van der Waals surface area (Å²) in [5.74, 6) is -0.612. The van der Waals surface area contributed by atoms with Gasteiger partial charge in [-0.05, 0) is 36.2 Å². The van der Waals surface area contributed by atoms with E-state index >= 15 is 0 Å². The van der Waals surface area contributed by atoms with Gasteiger partial charge in [0.15, 0.2) is 10.9 Å². The summed E-state index contributed by atoms with van der Waals surface area (Å²) in [7, 11) is 0. The molecule has 3 heterocycles. The Morgan fingerprint density at radius 2 is 2.00 bits per heavy atom. The third-order valence-corrected chi connectivity index (χ3v) is 5.50. The van der Waals surface area contributed by atoms with Gasteiger partial charge >= 0.3 is 0 Å². The van der Waals surface area contributed by atoms with Crippen LogP contribution < -0.4 is 11.1 Å². The van der Waals surface area contributed by atoms with Crippen LogP contribution >= 0.6 is 11.3 Å². The zero-order valence-corrected chi connectivity index (χ0v) is 15.0. The molecule has 1 aliphatic rings. The highest BCUT2D eigenvalue weighted by atomic mass is 32.1. The first-order valence-electron chi connectivity index (χ1n) is 8.40. The molecule has 3 N–H and O–H groups in total. The number of rotatable bonds is 4. The fourth-order valence-corrected chi connectivity index (χ4v) is 3.97. The fourth-order valence-electron chi connectivity index (χ4n) is 3.15. The van der Waals surface area contributed by atoms with Crippen molar-refractivity contribution in [1.82, 2.24) is 9.55 Å². The number of carbonyl (C=O) groups excluding carboxylic acids is 3. The number of aromatic nitrogens is 2. The van der Waals surface area contributed by atoms with Crippen molar-refractivity contribution in [3.05, 3.63) is 60.0 Å². The Kier molecular flexibility index (Phi) is 4.33. The number of nitrogens with zero attached hydrogens (tertiary/aromatic N) is 2. The van der Waals surface area contributed by atoms with Crippen LogP contribution in [0.15, 0.2) is 48.8 Å². The largest absolute Gasteiger partial charge is 0.366 e. The summed E-state index contributed by atoms with van der Waals surface area (Å²) in [4.78, 5) is 40.9. The number of carbonyl (C=O) groups is 3. The predicted molar refractivity (Wildman–Crippen MR) is 102 cm³/mol. The van der Waals surface area contributed by atoms with E-state index in [0.717, 1.165) is 10.4 Å². The standard InChI is InChI=1S/C19H16N4O3S/c20-17(25)12-5-3-11(4-6-12)16-10-21-19(27-16)22-18(26)14-7-8-15(24)13-2-1-9-23(13)14/h1-6,9-10,14H,7-8H2,(H2,20,25)(H,21,22,26). The van der Waals surface area contributed by atoms with Gasteiger partial charge in [0.1, 0.15) is 6.04 Å². The lowest BCUT2D eigenvalue weighted by Gasteiger charge is -2.24. The number of benzene rings is 1. The SMILES string of the molecule is NC(=O)c1ccc(-c2cnc(NC(=O)C3CCC(=O)c4cccn43)s2)cc1. The van der Waals surface area contributed by atoms with Crippen LogP contribution in [0.5, 0.6) is 0 Å². The summed E-state index contributed by atoms with van der Waals surface area (Å²) in [6, 6.07) is 9.98. The van der Waals surface area contributed by atoms with Crippen LogP contribution in [0, 0.1) is 0 Å². The van der Waals surface area contributed by atoms with E-state index in [1.165, 1.54) is 11.3 Å². The minimum absolute atomic E-state index is 0.0555. The second kappa shape index (κ2) is 6.81. The summed E-state index contributed by atoms with van der Waals surface area (Å²) in [6.07, 6.45) is 4.26. The summed E-state index contributed by atoms with van der Waals surface area (Å²) in [5, 5.41) is 3.32. The van der Waals surface area contributed by atoms with Crippen LogP contribution in [0.4, 0.5) is 5.13 Å². The summed E-state index contributed by atoms with van der Waals surface area (Å²) in [6.45, 7) is 0. The summed E-state index contributed by atoms with van der Waals surface area (Å²) < 4.78 is 1.72. The molecule has 0 saturated carbocycles. The molecule has 3 aromatic rings. The quantitative estimate of drug-likeness (QED) is 0.725. The molecule has 4 rings (SSSR count). The van der Waals surface area contributed by atoms with Crippen molar-refractivity contribution in [2.45, 2.75) is 18.9 Å². The average Bonchev–Trinajstić information content (AvgIpc) is 3.32. The van der Waals surface area contributed by atoms with Gasteiger partial charge < -0.3 is 15.6 Å². The molecule has 136 valence electrons. The van der Waals surface area contributed by atoms with Crippen LogP contribution in [0.3, 0.4) is 0 Å². The molecule has 1 aromatic carbocycles. The second-order valence-electron chi connectivity index (χ2n) is 6.24. The highest BCUT2D eigenvalue weighted by Gasteiger charge is 2.29. The monoisotopic (exact) mass is 380 g/mol. The van der Waals surface area contributed by atoms with E-state index in [0.29, 0.717) is 29.2 Å². The first-order chi connectivity index (χ1) is 13.0. The molecule has 0 radical (unpaired) electrons. The maximum Gasteiger partial charge on any atom is 0.249 e. The number of hydrogen-bond acceptors (Lipinski definition) is 5. The highest BCUT2D eigenvalue weighted by Crippen LogP contribution is 2.31. The predicted octanol–water partition coefficient (Wildman–Crippen LogP) is 2.87. The lowest BCUT2D eigenvalue weighted by Crippen LogP contribution is -2.31. The van der Waals surface area contributed by atoms with E-state index in [2.05, 4.69) is 10.3 Å². The highest BCUT2D eigenvalue weighted by molar-refractivity contribution is 7.19. The van der Waals surface area contributed by atoms with E-state index in [-0.39, 0.29) is 11.7 Å². The maximum absolute atomic E-state index is 12.7. The number of nitrogens with two attached hydrogens (primary N) is 1. The summed E-state index contributed by atoms with van der Waals surface area (Å²) in [5.41, 5.74) is 7.13. The van der Waals surface area contributed by atoms with Gasteiger partial charge in [-0.3, -0.25) is 14.4 Å². The molecule has 2 aromatic heterocycles. The van der Waals surface area contributed by atoms with E-state index in [1.807, 2.05) is 0 Å². The summed E-state index contributed by atoms with van der Waals surface area (Å²) >= 11 is 1.34. The van der Waals surface area contributed by atoms with Crippen molar-refractivity contribution in [2.75, 3.05) is 5.32 Å². The molecule has 27 heavy (non-hydrogen) atoms. The zero-order valence-electron chi connectivity index (χ0n) is 14.2. The van der Waals surface area contributed by atoms with Gasteiger partial charge in [0.05, 0.1) is 10.6 Å². The number of nitrogens with one attached hydrogen (secondary N) is 1. The third kappa shape index (κ3) is 3.26. The van der Waals surface area contributed by atoms with Gasteiger partial charge in [-0.1, -0.05) is 23.5 Å². The molecule has 0 aliphatic carbocycles. The fraction of sp³-hybridized carbons (Fsp3) is 0.158. The molecule has 0 fully saturated rings. The molecule has 0 spiro atoms. The number of primary amides is 1. The number of hydrogen-bond donors (Lipinski definition) is 2. The van der Waals surface area contributed by atoms with Gasteiger partial charge in [0.25, 0.3) is 0 Å². The first-order valence-corrected chi connectivity index (χ1v) is 9.21. The van der Waals surface area contributed by atoms with Crippen LogP contribution in [-0.4, -0.2) is 27.1 Å². The van der Waals surface area contributed by atoms with Gasteiger partial charge in [-0.25, -0.2) is 4.98 Å². The van der Waals surface area contributed by atoms with Gasteiger partial charge in [-0.15, -0.1) is 0 Å². The lowest BCUT2D eigenvalue weighted by molar-refractivity contribution is -0.119. The second-order valence-corrected chi connectivity index (χ2v) is 7.27. The van der Waals surface area contributed by atoms with Crippen LogP contribution in [0.25, 0.3) is 10.4 Å². The Morgan fingerprint density at radius 1 is 1.22 bits per heavy atom. The van der Waals surface area contributed by atoms with Crippen molar-refractivity contribution < 1.29 is 14.4 Å². The number of amides is 2. The maximum atomic E-state index is 12.7. The van der Waals surface area contributed by atoms with Crippen molar-refractivity contribution >= 4 is 34.1 Å². The van der Waals surface area contributed by atoms with Crippen molar-refractivity contribution in [3.63, 3.8) is 0 Å². The van der Waals surface area contributed by atoms with Gasteiger partial charge in [-0.2, -0.15) is 0 Å². The van der Waals surface area contributed by atoms with Gasteiger partial charge in [0.2, 0.25) is 11.8 Å². The number of fused-ring (bicyclic) bond motifs is 1. The number of Topliss-reactive ketones (excluding diaryl/α,β-unsaturated/α-hetero) is 1. The number of ketones is 1. The molecule has 2 amide bonds. The van der Waals surface area contributed by atoms with Crippen LogP contribution in [0.2, 0.25) is 0 Å². The Morgan fingerprint density at radius 3 is 2.74 bits per heavy atom. The first kappa shape index (κ1) is 17.2. The van der Waals surface area contributed by atoms with E-state index in [4.69, 9.17) is 5.73 Å². The topological polar surface area (TPSA) is 107 Å². The molecular weight excluding hydrogens is 364 g/mol. The molecule has 1 unspecified atom stereocenters. The normalized spacial score (nSPS) is 16.0. The van der Waals surface area contributed by atoms with Crippen molar-refractivity contribution in [2.24, 2.45) is 5.73 Å². The average molecular weight is 380 g/mol. The van der Waals surface area contributed by atoms with E-state index < -0.39 is 11.9 Å². The minimum atomic E-state index is -0.478. The Hall–Kier alpha value is -3.26. The smallest absolute Gasteiger partial charge is 0.249 e. The van der Waals surface area contributed by atoms with E-state index in [1.54, 1.807) is 53.4 Å². The molecular formula is C19H16N4O3S. The number of thiazole rings is 1. The molecule has 0 bridgehead atoms. The molecule has 8 heteroatoms. The minimum Gasteiger partial charge on any atom is -0.366 e. The zero-order chi connectivity index (χ0) is 19.0. The van der Waals surface area contributed by atoms with Crippen LogP contribution in [-0.2, 0) is 4.79 Å². The van der Waals surface area contributed by atoms with E-state index in [9.17, 15) is 14.4 Å². The lowest BCUT2D eigenvalue weighted by atomic mass is 10.0. The Bertz CT molecular complexity index is 1040. The molecule has 1 atom stereocenters. The van der Waals surface area contributed by atoms with Gasteiger partial charge in [0, 0.05) is 24.4 Å². The van der Waals surface area contributed by atoms with Crippen LogP contribution in [0.1, 0.15) is 39.7 Å².